The van der Waals surface area contributed by atoms with Gasteiger partial charge in [-0.25, -0.2) is 9.97 Å². The molecule has 0 saturated carbocycles. The Kier molecular flexibility index (Phi) is 2.74. The molecule has 3 heteroatoms. The van der Waals surface area contributed by atoms with E-state index in [0.29, 0.717) is 12.0 Å². The molecule has 1 heterocycles. The van der Waals surface area contributed by atoms with Gasteiger partial charge in [-0.3, -0.25) is 0 Å². The molecular weight excluding hydrogens is 222 g/mol. The highest BCUT2D eigenvalue weighted by Gasteiger charge is 2.29. The molecule has 92 valence electrons. The molecule has 0 bridgehead atoms. The van der Waals surface area contributed by atoms with E-state index in [9.17, 15) is 0 Å². The van der Waals surface area contributed by atoms with Gasteiger partial charge in [-0.15, -0.1) is 0 Å². The van der Waals surface area contributed by atoms with Crippen LogP contribution in [0.15, 0.2) is 36.5 Å². The van der Waals surface area contributed by atoms with Crippen LogP contribution in [-0.4, -0.2) is 9.97 Å². The second-order valence-electron chi connectivity index (χ2n) is 5.02. The number of anilines is 1. The zero-order valence-corrected chi connectivity index (χ0v) is 10.7. The highest BCUT2D eigenvalue weighted by molar-refractivity contribution is 5.41. The molecular formula is C15H17N3. The maximum atomic E-state index is 4.42. The summed E-state index contributed by atoms with van der Waals surface area (Å²) in [6, 6.07) is 10.9. The fourth-order valence-corrected chi connectivity index (χ4v) is 2.67. The van der Waals surface area contributed by atoms with E-state index in [4.69, 9.17) is 0 Å². The van der Waals surface area contributed by atoms with Crippen molar-refractivity contribution in [2.45, 2.75) is 26.3 Å². The number of hydrogen-bond acceptors (Lipinski definition) is 3. The minimum Gasteiger partial charge on any atom is -0.347 e. The summed E-state index contributed by atoms with van der Waals surface area (Å²) in [5.41, 5.74) is 3.82. The van der Waals surface area contributed by atoms with Crippen LogP contribution in [0, 0.1) is 12.8 Å². The second kappa shape index (κ2) is 4.41. The van der Waals surface area contributed by atoms with Gasteiger partial charge < -0.3 is 5.32 Å². The molecule has 1 aromatic carbocycles. The quantitative estimate of drug-likeness (QED) is 0.875. The fourth-order valence-electron chi connectivity index (χ4n) is 2.67. The predicted molar refractivity (Wildman–Crippen MR) is 72.4 cm³/mol. The first-order valence-corrected chi connectivity index (χ1v) is 6.38. The zero-order valence-electron chi connectivity index (χ0n) is 10.7. The molecule has 2 aromatic rings. The molecule has 0 radical (unpaired) electrons. The number of nitrogens with one attached hydrogen (secondary N) is 1. The van der Waals surface area contributed by atoms with Gasteiger partial charge in [0, 0.05) is 11.9 Å². The molecule has 0 saturated heterocycles. The fraction of sp³-hybridized carbons (Fsp3) is 0.333. The Bertz CT molecular complexity index is 565. The summed E-state index contributed by atoms with van der Waals surface area (Å²) in [7, 11) is 0. The van der Waals surface area contributed by atoms with E-state index in [1.807, 2.05) is 13.0 Å². The van der Waals surface area contributed by atoms with Crippen LogP contribution in [0.25, 0.3) is 0 Å². The van der Waals surface area contributed by atoms with Gasteiger partial charge in [-0.1, -0.05) is 31.2 Å². The largest absolute Gasteiger partial charge is 0.347 e. The highest BCUT2D eigenvalue weighted by Crippen LogP contribution is 2.37. The molecule has 0 aliphatic heterocycles. The van der Waals surface area contributed by atoms with E-state index in [2.05, 4.69) is 46.5 Å². The van der Waals surface area contributed by atoms with Gasteiger partial charge in [0.2, 0.25) is 5.95 Å². The molecule has 1 aliphatic carbocycles. The minimum atomic E-state index is 0.322. The standard InChI is InChI=1S/C15H17N3/c1-10-9-12-5-3-4-6-13(12)14(10)18-15-16-8-7-11(2)17-15/h3-8,10,14H,9H2,1-2H3,(H,16,17,18). The van der Waals surface area contributed by atoms with Crippen molar-refractivity contribution in [2.75, 3.05) is 5.32 Å². The Morgan fingerprint density at radius 1 is 1.22 bits per heavy atom. The first-order valence-electron chi connectivity index (χ1n) is 6.38. The third-order valence-electron chi connectivity index (χ3n) is 3.58. The second-order valence-corrected chi connectivity index (χ2v) is 5.02. The lowest BCUT2D eigenvalue weighted by molar-refractivity contribution is 0.538. The maximum Gasteiger partial charge on any atom is 0.223 e. The van der Waals surface area contributed by atoms with Gasteiger partial charge in [0.25, 0.3) is 0 Å². The van der Waals surface area contributed by atoms with E-state index in [-0.39, 0.29) is 0 Å². The SMILES string of the molecule is Cc1ccnc(NC2c3ccccc3CC2C)n1. The molecule has 3 nitrogen and oxygen atoms in total. The van der Waals surface area contributed by atoms with E-state index in [1.165, 1.54) is 11.1 Å². The summed E-state index contributed by atoms with van der Waals surface area (Å²) in [5.74, 6) is 1.30. The van der Waals surface area contributed by atoms with E-state index in [0.717, 1.165) is 18.1 Å². The van der Waals surface area contributed by atoms with Crippen LogP contribution in [0.4, 0.5) is 5.95 Å². The molecule has 2 atom stereocenters. The first-order chi connectivity index (χ1) is 8.74. The number of benzene rings is 1. The average Bonchev–Trinajstić information content (AvgIpc) is 2.66. The lowest BCUT2D eigenvalue weighted by Gasteiger charge is -2.18. The van der Waals surface area contributed by atoms with Crippen LogP contribution in [0.5, 0.6) is 0 Å². The zero-order chi connectivity index (χ0) is 12.5. The van der Waals surface area contributed by atoms with Crippen LogP contribution in [0.2, 0.25) is 0 Å². The number of fused-ring (bicyclic) bond motifs is 1. The van der Waals surface area contributed by atoms with Gasteiger partial charge in [0.15, 0.2) is 0 Å². The Labute approximate surface area is 107 Å². The number of aromatic nitrogens is 2. The molecule has 3 rings (SSSR count). The number of nitrogens with zero attached hydrogens (tertiary/aromatic N) is 2. The van der Waals surface area contributed by atoms with Gasteiger partial charge in [-0.2, -0.15) is 0 Å². The Morgan fingerprint density at radius 2 is 2.06 bits per heavy atom. The lowest BCUT2D eigenvalue weighted by Crippen LogP contribution is -2.16. The summed E-state index contributed by atoms with van der Waals surface area (Å²) in [5, 5.41) is 3.47. The van der Waals surface area contributed by atoms with Crippen molar-refractivity contribution < 1.29 is 0 Å². The van der Waals surface area contributed by atoms with Gasteiger partial charge in [0.1, 0.15) is 0 Å². The van der Waals surface area contributed by atoms with Crippen LogP contribution < -0.4 is 5.32 Å². The summed E-state index contributed by atoms with van der Waals surface area (Å²) < 4.78 is 0. The van der Waals surface area contributed by atoms with Crippen molar-refractivity contribution in [3.8, 4) is 0 Å². The molecule has 18 heavy (non-hydrogen) atoms. The molecule has 0 fully saturated rings. The molecule has 1 aromatic heterocycles. The summed E-state index contributed by atoms with van der Waals surface area (Å²) in [4.78, 5) is 8.71. The molecule has 0 amide bonds. The van der Waals surface area contributed by atoms with Crippen molar-refractivity contribution in [1.29, 1.82) is 0 Å². The monoisotopic (exact) mass is 239 g/mol. The summed E-state index contributed by atoms with van der Waals surface area (Å²) in [6.07, 6.45) is 2.93. The third-order valence-corrected chi connectivity index (χ3v) is 3.58. The van der Waals surface area contributed by atoms with Crippen LogP contribution in [0.3, 0.4) is 0 Å². The number of hydrogen-bond donors (Lipinski definition) is 1. The van der Waals surface area contributed by atoms with Crippen molar-refractivity contribution in [1.82, 2.24) is 9.97 Å². The highest BCUT2D eigenvalue weighted by atomic mass is 15.1. The Balaban J connectivity index is 1.89. The smallest absolute Gasteiger partial charge is 0.223 e. The van der Waals surface area contributed by atoms with Crippen LogP contribution in [-0.2, 0) is 6.42 Å². The van der Waals surface area contributed by atoms with Crippen LogP contribution in [0.1, 0.15) is 29.8 Å². The molecule has 1 aliphatic rings. The predicted octanol–water partition coefficient (Wildman–Crippen LogP) is 3.13. The average molecular weight is 239 g/mol. The molecule has 0 spiro atoms. The van der Waals surface area contributed by atoms with E-state index < -0.39 is 0 Å². The van der Waals surface area contributed by atoms with Crippen molar-refractivity contribution in [3.05, 3.63) is 53.3 Å². The molecule has 1 N–H and O–H groups in total. The minimum absolute atomic E-state index is 0.322. The van der Waals surface area contributed by atoms with Gasteiger partial charge in [0.05, 0.1) is 6.04 Å². The number of rotatable bonds is 2. The summed E-state index contributed by atoms with van der Waals surface area (Å²) >= 11 is 0. The van der Waals surface area contributed by atoms with Crippen molar-refractivity contribution >= 4 is 5.95 Å². The van der Waals surface area contributed by atoms with Gasteiger partial charge in [-0.05, 0) is 36.5 Å². The molecule has 2 unspecified atom stereocenters. The third kappa shape index (κ3) is 1.96. The topological polar surface area (TPSA) is 37.8 Å². The Hall–Kier alpha value is -1.90. The van der Waals surface area contributed by atoms with Crippen molar-refractivity contribution in [3.63, 3.8) is 0 Å². The van der Waals surface area contributed by atoms with E-state index >= 15 is 0 Å². The normalized spacial score (nSPS) is 21.7. The van der Waals surface area contributed by atoms with Crippen molar-refractivity contribution in [2.24, 2.45) is 5.92 Å². The first kappa shape index (κ1) is 11.2. The summed E-state index contributed by atoms with van der Waals surface area (Å²) in [6.45, 7) is 4.26. The van der Waals surface area contributed by atoms with E-state index in [1.54, 1.807) is 6.20 Å². The Morgan fingerprint density at radius 3 is 2.89 bits per heavy atom. The van der Waals surface area contributed by atoms with Gasteiger partial charge >= 0.3 is 0 Å². The lowest BCUT2D eigenvalue weighted by atomic mass is 10.0. The maximum absolute atomic E-state index is 4.42. The number of aryl methyl sites for hydroxylation is 1. The van der Waals surface area contributed by atoms with Crippen LogP contribution >= 0.6 is 0 Å².